The first-order valence-electron chi connectivity index (χ1n) is 9.82. The van der Waals surface area contributed by atoms with Crippen LogP contribution in [0.25, 0.3) is 0 Å². The Kier molecular flexibility index (Phi) is 6.64. The molecule has 0 unspecified atom stereocenters. The Morgan fingerprint density at radius 3 is 2.33 bits per heavy atom. The molecule has 0 aliphatic carbocycles. The molecule has 1 atom stereocenters. The first-order chi connectivity index (χ1) is 14.2. The van der Waals surface area contributed by atoms with Gasteiger partial charge in [0, 0.05) is 24.7 Å². The minimum absolute atomic E-state index is 0.206. The monoisotopic (exact) mass is 419 g/mol. The van der Waals surface area contributed by atoms with Crippen LogP contribution in [0, 0.1) is 5.92 Å². The van der Waals surface area contributed by atoms with Gasteiger partial charge < -0.3 is 15.5 Å². The number of carbonyl (C=O) groups is 2. The lowest BCUT2D eigenvalue weighted by Gasteiger charge is -2.32. The number of likely N-dealkylation sites (tertiary alicyclic amines) is 1. The molecule has 0 saturated carbocycles. The van der Waals surface area contributed by atoms with Crippen molar-refractivity contribution >= 4 is 17.6 Å². The summed E-state index contributed by atoms with van der Waals surface area (Å²) in [6.45, 7) is 2.54. The van der Waals surface area contributed by atoms with Crippen molar-refractivity contribution < 1.29 is 22.8 Å². The number of alkyl halides is 3. The van der Waals surface area contributed by atoms with Gasteiger partial charge in [-0.25, -0.2) is 4.79 Å². The van der Waals surface area contributed by atoms with Gasteiger partial charge in [-0.3, -0.25) is 4.79 Å². The van der Waals surface area contributed by atoms with Crippen LogP contribution in [0.5, 0.6) is 0 Å². The third-order valence-electron chi connectivity index (χ3n) is 5.25. The number of hydrogen-bond acceptors (Lipinski definition) is 2. The summed E-state index contributed by atoms with van der Waals surface area (Å²) in [6.07, 6.45) is -3.42. The fourth-order valence-electron chi connectivity index (χ4n) is 3.47. The molecule has 0 aromatic heterocycles. The number of nitrogens with zero attached hydrogens (tertiary/aromatic N) is 1. The van der Waals surface area contributed by atoms with Gasteiger partial charge in [-0.15, -0.1) is 0 Å². The summed E-state index contributed by atoms with van der Waals surface area (Å²) >= 11 is 0. The second-order valence-electron chi connectivity index (χ2n) is 7.41. The second kappa shape index (κ2) is 9.19. The third-order valence-corrected chi connectivity index (χ3v) is 5.25. The smallest absolute Gasteiger partial charge is 0.349 e. The number of carbonyl (C=O) groups excluding carboxylic acids is 2. The predicted octanol–water partition coefficient (Wildman–Crippen LogP) is 4.83. The van der Waals surface area contributed by atoms with Crippen molar-refractivity contribution in [2.45, 2.75) is 32.0 Å². The van der Waals surface area contributed by atoms with Crippen LogP contribution in [-0.4, -0.2) is 29.9 Å². The Morgan fingerprint density at radius 2 is 1.70 bits per heavy atom. The van der Waals surface area contributed by atoms with Crippen LogP contribution >= 0.6 is 0 Å². The molecule has 1 aliphatic rings. The van der Waals surface area contributed by atoms with Crippen molar-refractivity contribution in [2.75, 3.05) is 18.4 Å². The highest BCUT2D eigenvalue weighted by atomic mass is 19.4. The van der Waals surface area contributed by atoms with Crippen molar-refractivity contribution in [3.8, 4) is 0 Å². The molecule has 2 aromatic rings. The molecular formula is C22H24F3N3O2. The Morgan fingerprint density at radius 1 is 1.03 bits per heavy atom. The molecule has 160 valence electrons. The second-order valence-corrected chi connectivity index (χ2v) is 7.41. The van der Waals surface area contributed by atoms with E-state index in [9.17, 15) is 22.8 Å². The maximum atomic E-state index is 12.9. The fourth-order valence-corrected chi connectivity index (χ4v) is 3.47. The summed E-state index contributed by atoms with van der Waals surface area (Å²) in [5.74, 6) is -0.484. The first-order valence-corrected chi connectivity index (χ1v) is 9.82. The molecule has 3 rings (SSSR count). The van der Waals surface area contributed by atoms with Crippen molar-refractivity contribution in [1.82, 2.24) is 10.2 Å². The molecule has 0 radical (unpaired) electrons. The lowest BCUT2D eigenvalue weighted by Crippen LogP contribution is -2.44. The fraction of sp³-hybridized carbons (Fsp3) is 0.364. The number of para-hydroxylation sites is 1. The molecule has 1 aliphatic heterocycles. The normalized spacial score (nSPS) is 16.1. The number of hydrogen-bond donors (Lipinski definition) is 2. The largest absolute Gasteiger partial charge is 0.416 e. The van der Waals surface area contributed by atoms with E-state index in [1.165, 1.54) is 6.07 Å². The van der Waals surface area contributed by atoms with E-state index in [-0.39, 0.29) is 17.9 Å². The molecule has 0 bridgehead atoms. The first kappa shape index (κ1) is 21.7. The van der Waals surface area contributed by atoms with E-state index in [0.717, 1.165) is 12.1 Å². The Hall–Kier alpha value is -3.03. The van der Waals surface area contributed by atoms with Crippen molar-refractivity contribution in [3.63, 3.8) is 0 Å². The van der Waals surface area contributed by atoms with Crippen molar-refractivity contribution in [3.05, 3.63) is 65.7 Å². The van der Waals surface area contributed by atoms with Crippen LogP contribution in [-0.2, 0) is 11.0 Å². The van der Waals surface area contributed by atoms with Crippen molar-refractivity contribution in [1.29, 1.82) is 0 Å². The number of benzene rings is 2. The zero-order valence-corrected chi connectivity index (χ0v) is 16.6. The molecule has 3 amide bonds. The van der Waals surface area contributed by atoms with Gasteiger partial charge in [0.15, 0.2) is 0 Å². The molecule has 1 heterocycles. The quantitative estimate of drug-likeness (QED) is 0.746. The van der Waals surface area contributed by atoms with Crippen LogP contribution in [0.4, 0.5) is 23.7 Å². The molecule has 0 spiro atoms. The van der Waals surface area contributed by atoms with Gasteiger partial charge >= 0.3 is 12.2 Å². The SMILES string of the molecule is C[C@@H](NC(=O)C1CCN(C(=O)Nc2ccccc2)CC1)c1cccc(C(F)(F)F)c1. The minimum atomic E-state index is -4.42. The molecule has 5 nitrogen and oxygen atoms in total. The van der Waals surface area contributed by atoms with Gasteiger partial charge in [0.2, 0.25) is 5.91 Å². The summed E-state index contributed by atoms with van der Waals surface area (Å²) in [5.41, 5.74) is 0.369. The molecule has 2 N–H and O–H groups in total. The average Bonchev–Trinajstić information content (AvgIpc) is 2.74. The standard InChI is InChI=1S/C22H24F3N3O2/c1-15(17-6-5-7-18(14-17)22(23,24)25)26-20(29)16-10-12-28(13-11-16)21(30)27-19-8-3-2-4-9-19/h2-9,14-16H,10-13H2,1H3,(H,26,29)(H,27,30)/t15-/m1/s1. The van der Waals surface area contributed by atoms with Crippen LogP contribution in [0.15, 0.2) is 54.6 Å². The zero-order valence-electron chi connectivity index (χ0n) is 16.6. The van der Waals surface area contributed by atoms with Gasteiger partial charge in [-0.1, -0.05) is 30.3 Å². The summed E-state index contributed by atoms with van der Waals surface area (Å²) in [6, 6.07) is 13.3. The van der Waals surface area contributed by atoms with Crippen molar-refractivity contribution in [2.24, 2.45) is 5.92 Å². The molecule has 1 saturated heterocycles. The highest BCUT2D eigenvalue weighted by Gasteiger charge is 2.31. The number of urea groups is 1. The summed E-state index contributed by atoms with van der Waals surface area (Å²) < 4.78 is 38.7. The van der Waals surface area contributed by atoms with Gasteiger partial charge in [-0.2, -0.15) is 13.2 Å². The molecule has 30 heavy (non-hydrogen) atoms. The minimum Gasteiger partial charge on any atom is -0.349 e. The highest BCUT2D eigenvalue weighted by molar-refractivity contribution is 5.89. The molecular weight excluding hydrogens is 395 g/mol. The lowest BCUT2D eigenvalue weighted by atomic mass is 9.95. The molecule has 2 aromatic carbocycles. The van der Waals surface area contributed by atoms with Gasteiger partial charge in [-0.05, 0) is 49.6 Å². The van der Waals surface area contributed by atoms with E-state index in [1.807, 2.05) is 18.2 Å². The number of anilines is 1. The number of nitrogens with one attached hydrogen (secondary N) is 2. The summed E-state index contributed by atoms with van der Waals surface area (Å²) in [5, 5.41) is 5.62. The summed E-state index contributed by atoms with van der Waals surface area (Å²) in [4.78, 5) is 26.6. The maximum Gasteiger partial charge on any atom is 0.416 e. The molecule has 1 fully saturated rings. The van der Waals surface area contributed by atoms with E-state index in [4.69, 9.17) is 0 Å². The average molecular weight is 419 g/mol. The number of rotatable bonds is 4. The number of halogens is 3. The van der Waals surface area contributed by atoms with Crippen LogP contribution in [0.1, 0.15) is 36.9 Å². The summed E-state index contributed by atoms with van der Waals surface area (Å²) in [7, 11) is 0. The van der Waals surface area contributed by atoms with E-state index < -0.39 is 17.8 Å². The Bertz CT molecular complexity index is 879. The number of piperidine rings is 1. The van der Waals surface area contributed by atoms with E-state index >= 15 is 0 Å². The highest BCUT2D eigenvalue weighted by Crippen LogP contribution is 2.31. The van der Waals surface area contributed by atoms with E-state index in [0.29, 0.717) is 37.2 Å². The topological polar surface area (TPSA) is 61.4 Å². The predicted molar refractivity (Wildman–Crippen MR) is 108 cm³/mol. The zero-order chi connectivity index (χ0) is 21.7. The van der Waals surface area contributed by atoms with E-state index in [1.54, 1.807) is 30.0 Å². The number of amides is 3. The Labute approximate surface area is 173 Å². The van der Waals surface area contributed by atoms with Crippen LogP contribution in [0.3, 0.4) is 0 Å². The lowest BCUT2D eigenvalue weighted by molar-refractivity contribution is -0.137. The van der Waals surface area contributed by atoms with Crippen LogP contribution in [0.2, 0.25) is 0 Å². The van der Waals surface area contributed by atoms with Gasteiger partial charge in [0.25, 0.3) is 0 Å². The maximum absolute atomic E-state index is 12.9. The molecule has 8 heteroatoms. The van der Waals surface area contributed by atoms with Gasteiger partial charge in [0.05, 0.1) is 11.6 Å². The van der Waals surface area contributed by atoms with E-state index in [2.05, 4.69) is 10.6 Å². The third kappa shape index (κ3) is 5.52. The van der Waals surface area contributed by atoms with Crippen LogP contribution < -0.4 is 10.6 Å². The van der Waals surface area contributed by atoms with Gasteiger partial charge in [0.1, 0.15) is 0 Å². The Balaban J connectivity index is 1.51.